The van der Waals surface area contributed by atoms with E-state index >= 15 is 0 Å². The second kappa shape index (κ2) is 6.59. The Balaban J connectivity index is 1.33. The molecule has 2 saturated carbocycles. The molecule has 0 spiro atoms. The van der Waals surface area contributed by atoms with E-state index in [9.17, 15) is 14.4 Å². The Kier molecular flexibility index (Phi) is 4.04. The molecule has 0 N–H and O–H groups in total. The summed E-state index contributed by atoms with van der Waals surface area (Å²) in [5, 5.41) is 0. The molecule has 142 valence electrons. The Bertz CT molecular complexity index is 926. The van der Waals surface area contributed by atoms with E-state index in [0.29, 0.717) is 17.6 Å². The average Bonchev–Trinajstić information content (AvgIpc) is 3.39. The fourth-order valence-corrected chi connectivity index (χ4v) is 5.32. The zero-order valence-corrected chi connectivity index (χ0v) is 15.4. The molecule has 2 aromatic rings. The molecule has 0 aromatic heterocycles. The topological polar surface area (TPSA) is 63.7 Å². The van der Waals surface area contributed by atoms with Gasteiger partial charge >= 0.3 is 5.97 Å². The van der Waals surface area contributed by atoms with Crippen LogP contribution in [-0.2, 0) is 14.4 Å². The van der Waals surface area contributed by atoms with Gasteiger partial charge in [0, 0.05) is 5.56 Å². The number of hydrogen-bond acceptors (Lipinski definition) is 4. The zero-order valence-electron chi connectivity index (χ0n) is 15.4. The molecule has 2 bridgehead atoms. The number of imide groups is 1. The molecule has 0 unspecified atom stereocenters. The maximum absolute atomic E-state index is 12.8. The van der Waals surface area contributed by atoms with Crippen LogP contribution < -0.4 is 4.74 Å². The number of fused-ring (bicyclic) bond motifs is 5. The van der Waals surface area contributed by atoms with Crippen LogP contribution in [0.4, 0.5) is 0 Å². The maximum atomic E-state index is 12.8. The summed E-state index contributed by atoms with van der Waals surface area (Å²) in [7, 11) is 0. The normalized spacial score (nSPS) is 27.9. The number of amides is 2. The van der Waals surface area contributed by atoms with Crippen LogP contribution in [-0.4, -0.2) is 29.2 Å². The monoisotopic (exact) mass is 375 g/mol. The summed E-state index contributed by atoms with van der Waals surface area (Å²) in [6.45, 7) is -0.312. The first-order valence-corrected chi connectivity index (χ1v) is 9.84. The van der Waals surface area contributed by atoms with Gasteiger partial charge < -0.3 is 4.74 Å². The van der Waals surface area contributed by atoms with E-state index in [4.69, 9.17) is 4.74 Å². The van der Waals surface area contributed by atoms with E-state index in [0.717, 1.165) is 35.3 Å². The number of esters is 1. The number of nitrogens with zero attached hydrogens (tertiary/aromatic N) is 1. The lowest BCUT2D eigenvalue weighted by molar-refractivity contribution is -0.148. The van der Waals surface area contributed by atoms with Crippen molar-refractivity contribution in [3.8, 4) is 16.9 Å². The van der Waals surface area contributed by atoms with Crippen molar-refractivity contribution in [3.05, 3.63) is 54.6 Å². The average molecular weight is 375 g/mol. The summed E-state index contributed by atoms with van der Waals surface area (Å²) in [5.41, 5.74) is 1.73. The molecule has 5 heteroatoms. The highest BCUT2D eigenvalue weighted by molar-refractivity contribution is 6.08. The van der Waals surface area contributed by atoms with E-state index in [1.807, 2.05) is 42.5 Å². The van der Waals surface area contributed by atoms with Crippen LogP contribution in [0.25, 0.3) is 11.1 Å². The van der Waals surface area contributed by atoms with Crippen LogP contribution in [0.15, 0.2) is 54.6 Å². The first-order chi connectivity index (χ1) is 13.6. The van der Waals surface area contributed by atoms with Crippen LogP contribution >= 0.6 is 0 Å². The molecule has 1 heterocycles. The van der Waals surface area contributed by atoms with E-state index in [1.165, 1.54) is 0 Å². The Labute approximate surface area is 163 Å². The molecule has 2 amide bonds. The van der Waals surface area contributed by atoms with Gasteiger partial charge in [0.2, 0.25) is 11.8 Å². The van der Waals surface area contributed by atoms with E-state index in [2.05, 4.69) is 0 Å². The standard InChI is InChI=1S/C23H21NO4/c25-19(28-18-9-5-4-8-17(18)14-6-2-1-3-7-14)13-24-22(26)20-15-10-11-16(12-15)21(20)23(24)27/h1-9,15-16,20-21H,10-13H2/t15-,16-,20-,21-/m0/s1. The highest BCUT2D eigenvalue weighted by Crippen LogP contribution is 2.56. The van der Waals surface area contributed by atoms with Gasteiger partial charge in [0.15, 0.2) is 0 Å². The van der Waals surface area contributed by atoms with Crippen molar-refractivity contribution >= 4 is 17.8 Å². The number of carbonyl (C=O) groups is 3. The number of hydrogen-bond donors (Lipinski definition) is 0. The SMILES string of the molecule is O=C(CN1C(=O)[C@H]2[C@H]3CC[C@@H](C3)[C@@H]2C1=O)Oc1ccccc1-c1ccccc1. The Hall–Kier alpha value is -2.95. The van der Waals surface area contributed by atoms with Gasteiger partial charge in [-0.25, -0.2) is 4.79 Å². The van der Waals surface area contributed by atoms with Gasteiger partial charge in [-0.15, -0.1) is 0 Å². The van der Waals surface area contributed by atoms with Crippen molar-refractivity contribution in [1.29, 1.82) is 0 Å². The van der Waals surface area contributed by atoms with Crippen LogP contribution in [0, 0.1) is 23.7 Å². The maximum Gasteiger partial charge on any atom is 0.331 e. The number of ether oxygens (including phenoxy) is 1. The molecular weight excluding hydrogens is 354 g/mol. The minimum absolute atomic E-state index is 0.185. The van der Waals surface area contributed by atoms with Crippen LogP contribution in [0.1, 0.15) is 19.3 Å². The molecule has 2 aliphatic carbocycles. The third-order valence-electron chi connectivity index (χ3n) is 6.50. The van der Waals surface area contributed by atoms with Crippen molar-refractivity contribution in [2.45, 2.75) is 19.3 Å². The minimum Gasteiger partial charge on any atom is -0.425 e. The quantitative estimate of drug-likeness (QED) is 0.467. The van der Waals surface area contributed by atoms with E-state index < -0.39 is 5.97 Å². The van der Waals surface area contributed by atoms with Gasteiger partial charge in [-0.3, -0.25) is 14.5 Å². The van der Waals surface area contributed by atoms with Gasteiger partial charge in [-0.1, -0.05) is 48.5 Å². The third-order valence-corrected chi connectivity index (χ3v) is 6.50. The van der Waals surface area contributed by atoms with Gasteiger partial charge in [-0.05, 0) is 42.7 Å². The summed E-state index contributed by atoms with van der Waals surface area (Å²) in [5.74, 6) is -0.328. The van der Waals surface area contributed by atoms with E-state index in [1.54, 1.807) is 12.1 Å². The molecule has 1 saturated heterocycles. The van der Waals surface area contributed by atoms with Crippen LogP contribution in [0.2, 0.25) is 0 Å². The number of para-hydroxylation sites is 1. The molecule has 0 radical (unpaired) electrons. The van der Waals surface area contributed by atoms with Crippen molar-refractivity contribution in [2.75, 3.05) is 6.54 Å². The van der Waals surface area contributed by atoms with Crippen LogP contribution in [0.3, 0.4) is 0 Å². The van der Waals surface area contributed by atoms with Crippen molar-refractivity contribution < 1.29 is 19.1 Å². The fourth-order valence-electron chi connectivity index (χ4n) is 5.32. The first kappa shape index (κ1) is 17.2. The fraction of sp³-hybridized carbons (Fsp3) is 0.348. The van der Waals surface area contributed by atoms with Gasteiger partial charge in [0.1, 0.15) is 12.3 Å². The second-order valence-corrected chi connectivity index (χ2v) is 7.98. The van der Waals surface area contributed by atoms with Crippen molar-refractivity contribution in [3.63, 3.8) is 0 Å². The lowest BCUT2D eigenvalue weighted by Gasteiger charge is -2.19. The molecular formula is C23H21NO4. The molecule has 5 nitrogen and oxygen atoms in total. The van der Waals surface area contributed by atoms with E-state index in [-0.39, 0.29) is 30.2 Å². The molecule has 4 atom stereocenters. The van der Waals surface area contributed by atoms with Crippen LogP contribution in [0.5, 0.6) is 5.75 Å². The highest BCUT2D eigenvalue weighted by atomic mass is 16.5. The largest absolute Gasteiger partial charge is 0.425 e. The number of carbonyl (C=O) groups excluding carboxylic acids is 3. The lowest BCUT2D eigenvalue weighted by atomic mass is 9.81. The number of rotatable bonds is 4. The van der Waals surface area contributed by atoms with Gasteiger partial charge in [0.05, 0.1) is 11.8 Å². The molecule has 2 aromatic carbocycles. The van der Waals surface area contributed by atoms with Crippen molar-refractivity contribution in [1.82, 2.24) is 4.90 Å². The molecule has 3 aliphatic rings. The van der Waals surface area contributed by atoms with Crippen molar-refractivity contribution in [2.24, 2.45) is 23.7 Å². The predicted octanol–water partition coefficient (Wildman–Crippen LogP) is 3.29. The highest BCUT2D eigenvalue weighted by Gasteiger charge is 2.61. The number of benzene rings is 2. The third kappa shape index (κ3) is 2.65. The van der Waals surface area contributed by atoms with Gasteiger partial charge in [-0.2, -0.15) is 0 Å². The predicted molar refractivity (Wildman–Crippen MR) is 102 cm³/mol. The zero-order chi connectivity index (χ0) is 19.3. The molecule has 28 heavy (non-hydrogen) atoms. The Morgan fingerprint density at radius 1 is 0.893 bits per heavy atom. The summed E-state index contributed by atoms with van der Waals surface area (Å²) in [4.78, 5) is 39.2. The summed E-state index contributed by atoms with van der Waals surface area (Å²) >= 11 is 0. The first-order valence-electron chi connectivity index (χ1n) is 9.84. The summed E-state index contributed by atoms with van der Waals surface area (Å²) < 4.78 is 5.56. The molecule has 1 aliphatic heterocycles. The lowest BCUT2D eigenvalue weighted by Crippen LogP contribution is -2.38. The summed E-state index contributed by atoms with van der Waals surface area (Å²) in [6, 6.07) is 16.9. The minimum atomic E-state index is -0.586. The second-order valence-electron chi connectivity index (χ2n) is 7.98. The Morgan fingerprint density at radius 2 is 1.50 bits per heavy atom. The molecule has 5 rings (SSSR count). The smallest absolute Gasteiger partial charge is 0.331 e. The molecule has 3 fully saturated rings. The van der Waals surface area contributed by atoms with Gasteiger partial charge in [0.25, 0.3) is 0 Å². The summed E-state index contributed by atoms with van der Waals surface area (Å²) in [6.07, 6.45) is 3.02. The number of likely N-dealkylation sites (tertiary alicyclic amines) is 1. The Morgan fingerprint density at radius 3 is 2.18 bits per heavy atom.